The molecule has 0 radical (unpaired) electrons. The van der Waals surface area contributed by atoms with E-state index in [0.29, 0.717) is 0 Å². The summed E-state index contributed by atoms with van der Waals surface area (Å²) in [5.74, 6) is 0. The molecule has 0 saturated heterocycles. The van der Waals surface area contributed by atoms with Gasteiger partial charge in [0.05, 0.1) is 5.69 Å². The van der Waals surface area contributed by atoms with E-state index in [1.165, 1.54) is 11.8 Å². The van der Waals surface area contributed by atoms with Crippen LogP contribution in [0.2, 0.25) is 0 Å². The molecule has 0 aliphatic carbocycles. The molecule has 0 atom stereocenters. The van der Waals surface area contributed by atoms with Gasteiger partial charge in [-0.3, -0.25) is 4.99 Å². The minimum atomic E-state index is 0.862. The summed E-state index contributed by atoms with van der Waals surface area (Å²) >= 11 is 0. The number of rotatable bonds is 3. The average molecular weight is 214 g/mol. The van der Waals surface area contributed by atoms with Gasteiger partial charge in [-0.1, -0.05) is 18.2 Å². The van der Waals surface area contributed by atoms with Crippen molar-refractivity contribution in [3.8, 4) is 0 Å². The zero-order valence-corrected chi connectivity index (χ0v) is 10.3. The number of benzene rings is 1. The Hall–Kier alpha value is -1.70. The minimum Gasteiger partial charge on any atom is -0.308 e. The highest BCUT2D eigenvalue weighted by atomic mass is 14.7. The maximum atomic E-state index is 7.28. The third-order valence-corrected chi connectivity index (χ3v) is 2.54. The second kappa shape index (κ2) is 5.40. The lowest BCUT2D eigenvalue weighted by Crippen LogP contribution is -1.97. The SMILES string of the molecule is C/C=C(C=N)/C(C)=N/c1cc(C)ccc1C. The van der Waals surface area contributed by atoms with Gasteiger partial charge in [0.25, 0.3) is 0 Å². The van der Waals surface area contributed by atoms with E-state index < -0.39 is 0 Å². The zero-order valence-electron chi connectivity index (χ0n) is 10.3. The summed E-state index contributed by atoms with van der Waals surface area (Å²) in [7, 11) is 0. The van der Waals surface area contributed by atoms with Gasteiger partial charge >= 0.3 is 0 Å². The average Bonchev–Trinajstić information content (AvgIpc) is 2.25. The van der Waals surface area contributed by atoms with E-state index in [9.17, 15) is 0 Å². The lowest BCUT2D eigenvalue weighted by Gasteiger charge is -2.04. The first-order valence-corrected chi connectivity index (χ1v) is 5.38. The molecule has 16 heavy (non-hydrogen) atoms. The van der Waals surface area contributed by atoms with E-state index >= 15 is 0 Å². The molecule has 0 saturated carbocycles. The molecule has 0 fully saturated rings. The fourth-order valence-corrected chi connectivity index (χ4v) is 1.48. The number of nitrogens with zero attached hydrogens (tertiary/aromatic N) is 1. The molecule has 0 heterocycles. The third kappa shape index (κ3) is 2.89. The van der Waals surface area contributed by atoms with Crippen LogP contribution in [0.4, 0.5) is 5.69 Å². The molecule has 0 amide bonds. The number of allylic oxidation sites excluding steroid dienone is 2. The second-order valence-electron chi connectivity index (χ2n) is 3.88. The van der Waals surface area contributed by atoms with Crippen LogP contribution in [0.15, 0.2) is 34.8 Å². The fourth-order valence-electron chi connectivity index (χ4n) is 1.48. The fraction of sp³-hybridized carbons (Fsp3) is 0.286. The Balaban J connectivity index is 3.16. The number of nitrogens with one attached hydrogen (secondary N) is 1. The first-order chi connectivity index (χ1) is 7.58. The standard InChI is InChI=1S/C14H18N2/c1-5-13(9-15)12(4)16-14-8-10(2)6-7-11(14)3/h5-9,15H,1-4H3/b13-5+,15-9?,16-12+. The van der Waals surface area contributed by atoms with Crippen LogP contribution < -0.4 is 0 Å². The Labute approximate surface area is 97.2 Å². The van der Waals surface area contributed by atoms with Gasteiger partial charge < -0.3 is 5.41 Å². The monoisotopic (exact) mass is 214 g/mol. The first kappa shape index (κ1) is 12.4. The molecule has 0 spiro atoms. The number of aryl methyl sites for hydroxylation is 2. The first-order valence-electron chi connectivity index (χ1n) is 5.38. The highest BCUT2D eigenvalue weighted by molar-refractivity contribution is 6.15. The molecular weight excluding hydrogens is 196 g/mol. The Morgan fingerprint density at radius 2 is 2.00 bits per heavy atom. The van der Waals surface area contributed by atoms with Crippen molar-refractivity contribution in [3.05, 3.63) is 41.0 Å². The van der Waals surface area contributed by atoms with Crippen molar-refractivity contribution in [1.82, 2.24) is 0 Å². The number of hydrogen-bond acceptors (Lipinski definition) is 2. The quantitative estimate of drug-likeness (QED) is 0.738. The Morgan fingerprint density at radius 3 is 2.56 bits per heavy atom. The topological polar surface area (TPSA) is 36.2 Å². The molecule has 0 unspecified atom stereocenters. The van der Waals surface area contributed by atoms with Crippen LogP contribution >= 0.6 is 0 Å². The van der Waals surface area contributed by atoms with Crippen LogP contribution in [0.3, 0.4) is 0 Å². The van der Waals surface area contributed by atoms with E-state index in [1.54, 1.807) is 0 Å². The molecule has 1 rings (SSSR count). The molecule has 1 aromatic rings. The normalized spacial score (nSPS) is 12.8. The van der Waals surface area contributed by atoms with Crippen molar-refractivity contribution >= 4 is 17.6 Å². The minimum absolute atomic E-state index is 0.862. The predicted octanol–water partition coefficient (Wildman–Crippen LogP) is 3.99. The van der Waals surface area contributed by atoms with E-state index in [1.807, 2.05) is 26.8 Å². The van der Waals surface area contributed by atoms with E-state index in [4.69, 9.17) is 5.41 Å². The molecular formula is C14H18N2. The maximum Gasteiger partial charge on any atom is 0.0664 e. The highest BCUT2D eigenvalue weighted by Crippen LogP contribution is 2.20. The van der Waals surface area contributed by atoms with Gasteiger partial charge in [0.15, 0.2) is 0 Å². The summed E-state index contributed by atoms with van der Waals surface area (Å²) in [6, 6.07) is 6.22. The van der Waals surface area contributed by atoms with Gasteiger partial charge in [0.2, 0.25) is 0 Å². The van der Waals surface area contributed by atoms with Crippen LogP contribution in [0.5, 0.6) is 0 Å². The van der Waals surface area contributed by atoms with Crippen LogP contribution in [-0.2, 0) is 0 Å². The number of aliphatic imine (C=N–C) groups is 1. The largest absolute Gasteiger partial charge is 0.308 e. The van der Waals surface area contributed by atoms with Crippen LogP contribution in [0, 0.1) is 19.3 Å². The molecule has 84 valence electrons. The molecule has 0 bridgehead atoms. The lowest BCUT2D eigenvalue weighted by atomic mass is 10.1. The van der Waals surface area contributed by atoms with Crippen molar-refractivity contribution in [2.24, 2.45) is 4.99 Å². The smallest absolute Gasteiger partial charge is 0.0664 e. The summed E-state index contributed by atoms with van der Waals surface area (Å²) in [6.07, 6.45) is 3.24. The van der Waals surface area contributed by atoms with Crippen molar-refractivity contribution in [2.75, 3.05) is 0 Å². The van der Waals surface area contributed by atoms with Gasteiger partial charge in [-0.05, 0) is 44.9 Å². The summed E-state index contributed by atoms with van der Waals surface area (Å²) in [6.45, 7) is 7.96. The van der Waals surface area contributed by atoms with Gasteiger partial charge in [-0.15, -0.1) is 0 Å². The Kier molecular flexibility index (Phi) is 4.18. The summed E-state index contributed by atoms with van der Waals surface area (Å²) in [4.78, 5) is 4.56. The molecule has 0 aliphatic rings. The second-order valence-corrected chi connectivity index (χ2v) is 3.88. The van der Waals surface area contributed by atoms with E-state index in [2.05, 4.69) is 30.1 Å². The zero-order chi connectivity index (χ0) is 12.1. The summed E-state index contributed by atoms with van der Waals surface area (Å²) < 4.78 is 0. The summed E-state index contributed by atoms with van der Waals surface area (Å²) in [5.41, 5.74) is 5.09. The van der Waals surface area contributed by atoms with Gasteiger partial charge in [0.1, 0.15) is 0 Å². The molecule has 0 aromatic heterocycles. The maximum absolute atomic E-state index is 7.28. The van der Waals surface area contributed by atoms with Crippen LogP contribution in [0.25, 0.3) is 0 Å². The van der Waals surface area contributed by atoms with Crippen LogP contribution in [-0.4, -0.2) is 11.9 Å². The van der Waals surface area contributed by atoms with Crippen molar-refractivity contribution in [3.63, 3.8) is 0 Å². The Bertz CT molecular complexity index is 454. The molecule has 2 heteroatoms. The van der Waals surface area contributed by atoms with Gasteiger partial charge in [-0.25, -0.2) is 0 Å². The summed E-state index contributed by atoms with van der Waals surface area (Å²) in [5, 5.41) is 7.28. The van der Waals surface area contributed by atoms with E-state index in [0.717, 1.165) is 22.5 Å². The Morgan fingerprint density at radius 1 is 1.31 bits per heavy atom. The van der Waals surface area contributed by atoms with Gasteiger partial charge in [-0.2, -0.15) is 0 Å². The lowest BCUT2D eigenvalue weighted by molar-refractivity contribution is 1.34. The van der Waals surface area contributed by atoms with Crippen molar-refractivity contribution in [1.29, 1.82) is 5.41 Å². The molecule has 1 N–H and O–H groups in total. The van der Waals surface area contributed by atoms with Crippen molar-refractivity contribution < 1.29 is 0 Å². The van der Waals surface area contributed by atoms with E-state index in [-0.39, 0.29) is 0 Å². The molecule has 1 aromatic carbocycles. The van der Waals surface area contributed by atoms with Crippen LogP contribution in [0.1, 0.15) is 25.0 Å². The molecule has 2 nitrogen and oxygen atoms in total. The molecule has 0 aliphatic heterocycles. The third-order valence-electron chi connectivity index (χ3n) is 2.54. The van der Waals surface area contributed by atoms with Crippen molar-refractivity contribution in [2.45, 2.75) is 27.7 Å². The highest BCUT2D eigenvalue weighted by Gasteiger charge is 2.00. The number of hydrogen-bond donors (Lipinski definition) is 1. The predicted molar refractivity (Wildman–Crippen MR) is 71.2 cm³/mol. The van der Waals surface area contributed by atoms with Gasteiger partial charge in [0, 0.05) is 17.5 Å².